The van der Waals surface area contributed by atoms with Gasteiger partial charge in [-0.15, -0.1) is 0 Å². The summed E-state index contributed by atoms with van der Waals surface area (Å²) in [6.07, 6.45) is 2.36. The Labute approximate surface area is 117 Å². The number of nitrogens with zero attached hydrogens (tertiary/aromatic N) is 1. The molecule has 17 heavy (non-hydrogen) atoms. The first-order valence-electron chi connectivity index (χ1n) is 6.14. The Morgan fingerprint density at radius 3 is 2.82 bits per heavy atom. The lowest BCUT2D eigenvalue weighted by Crippen LogP contribution is -2.44. The van der Waals surface area contributed by atoms with Crippen LogP contribution in [0.5, 0.6) is 0 Å². The largest absolute Gasteiger partial charge is 0.336 e. The van der Waals surface area contributed by atoms with Crippen LogP contribution in [-0.4, -0.2) is 23.4 Å². The molecule has 1 aromatic rings. The molecule has 1 amide bonds. The van der Waals surface area contributed by atoms with Crippen LogP contribution in [0.3, 0.4) is 0 Å². The first-order valence-corrected chi connectivity index (χ1v) is 7.22. The summed E-state index contributed by atoms with van der Waals surface area (Å²) in [7, 11) is 0. The molecule has 3 heteroatoms. The lowest BCUT2D eigenvalue weighted by molar-refractivity contribution is 0.0574. The van der Waals surface area contributed by atoms with Gasteiger partial charge in [-0.05, 0) is 66.5 Å². The molecule has 0 radical (unpaired) electrons. The molecule has 1 fully saturated rings. The van der Waals surface area contributed by atoms with Crippen LogP contribution in [0.1, 0.15) is 37.0 Å². The molecule has 0 N–H and O–H groups in total. The summed E-state index contributed by atoms with van der Waals surface area (Å²) in [5, 5.41) is 0. The van der Waals surface area contributed by atoms with Crippen LogP contribution in [-0.2, 0) is 0 Å². The van der Waals surface area contributed by atoms with Crippen LogP contribution in [0.15, 0.2) is 24.3 Å². The van der Waals surface area contributed by atoms with Crippen LogP contribution >= 0.6 is 22.6 Å². The summed E-state index contributed by atoms with van der Waals surface area (Å²) in [5.41, 5.74) is 0.817. The van der Waals surface area contributed by atoms with E-state index in [1.807, 2.05) is 29.2 Å². The van der Waals surface area contributed by atoms with E-state index in [4.69, 9.17) is 0 Å². The van der Waals surface area contributed by atoms with Crippen LogP contribution in [0.25, 0.3) is 0 Å². The highest BCUT2D eigenvalue weighted by atomic mass is 127. The van der Waals surface area contributed by atoms with Gasteiger partial charge in [0.1, 0.15) is 0 Å². The molecule has 2 unspecified atom stereocenters. The van der Waals surface area contributed by atoms with Crippen molar-refractivity contribution < 1.29 is 4.79 Å². The zero-order valence-corrected chi connectivity index (χ0v) is 12.5. The summed E-state index contributed by atoms with van der Waals surface area (Å²) in [6.45, 7) is 5.27. The van der Waals surface area contributed by atoms with E-state index in [0.29, 0.717) is 12.0 Å². The van der Waals surface area contributed by atoms with E-state index in [9.17, 15) is 4.79 Å². The summed E-state index contributed by atoms with van der Waals surface area (Å²) >= 11 is 2.25. The second-order valence-electron chi connectivity index (χ2n) is 5.00. The fraction of sp³-hybridized carbons (Fsp3) is 0.500. The zero-order chi connectivity index (χ0) is 12.4. The van der Waals surface area contributed by atoms with Gasteiger partial charge in [0.25, 0.3) is 5.91 Å². The van der Waals surface area contributed by atoms with Gasteiger partial charge in [0, 0.05) is 21.7 Å². The van der Waals surface area contributed by atoms with E-state index in [2.05, 4.69) is 36.4 Å². The summed E-state index contributed by atoms with van der Waals surface area (Å²) in [4.78, 5) is 14.5. The SMILES string of the molecule is CC1CCC(C)N(C(=O)c2cccc(I)c2)C1. The van der Waals surface area contributed by atoms with Crippen LogP contribution < -0.4 is 0 Å². The number of halogens is 1. The standard InChI is InChI=1S/C14H18INO/c1-10-6-7-11(2)16(9-10)14(17)12-4-3-5-13(15)8-12/h3-5,8,10-11H,6-7,9H2,1-2H3. The van der Waals surface area contributed by atoms with E-state index in [-0.39, 0.29) is 5.91 Å². The second-order valence-corrected chi connectivity index (χ2v) is 6.25. The third-order valence-corrected chi connectivity index (χ3v) is 4.12. The lowest BCUT2D eigenvalue weighted by atomic mass is 9.94. The quantitative estimate of drug-likeness (QED) is 0.714. The Bertz CT molecular complexity index is 418. The van der Waals surface area contributed by atoms with E-state index in [1.165, 1.54) is 6.42 Å². The van der Waals surface area contributed by atoms with Crippen LogP contribution in [0, 0.1) is 9.49 Å². The average Bonchev–Trinajstić information content (AvgIpc) is 2.31. The molecule has 2 rings (SSSR count). The van der Waals surface area contributed by atoms with Gasteiger partial charge >= 0.3 is 0 Å². The van der Waals surface area contributed by atoms with E-state index in [1.54, 1.807) is 0 Å². The molecule has 0 saturated carbocycles. The van der Waals surface area contributed by atoms with Crippen molar-refractivity contribution in [3.63, 3.8) is 0 Å². The van der Waals surface area contributed by atoms with Gasteiger partial charge in [0.05, 0.1) is 0 Å². The maximum absolute atomic E-state index is 12.4. The van der Waals surface area contributed by atoms with Gasteiger partial charge < -0.3 is 4.90 Å². The van der Waals surface area contributed by atoms with E-state index < -0.39 is 0 Å². The molecule has 2 nitrogen and oxygen atoms in total. The number of carbonyl (C=O) groups excluding carboxylic acids is 1. The highest BCUT2D eigenvalue weighted by Gasteiger charge is 2.27. The van der Waals surface area contributed by atoms with Crippen molar-refractivity contribution in [2.45, 2.75) is 32.7 Å². The first-order chi connectivity index (χ1) is 8.08. The Morgan fingerprint density at radius 1 is 1.35 bits per heavy atom. The fourth-order valence-corrected chi connectivity index (χ4v) is 2.90. The predicted octanol–water partition coefficient (Wildman–Crippen LogP) is 3.55. The molecule has 0 spiro atoms. The predicted molar refractivity (Wildman–Crippen MR) is 78.1 cm³/mol. The molecule has 1 aromatic carbocycles. The maximum atomic E-state index is 12.4. The number of benzene rings is 1. The molecule has 0 aromatic heterocycles. The Hall–Kier alpha value is -0.580. The highest BCUT2D eigenvalue weighted by molar-refractivity contribution is 14.1. The third kappa shape index (κ3) is 3.00. The lowest BCUT2D eigenvalue weighted by Gasteiger charge is -2.36. The molecule has 1 saturated heterocycles. The van der Waals surface area contributed by atoms with Crippen LogP contribution in [0.4, 0.5) is 0 Å². The molecule has 92 valence electrons. The van der Waals surface area contributed by atoms with Crippen molar-refractivity contribution in [3.05, 3.63) is 33.4 Å². The summed E-state index contributed by atoms with van der Waals surface area (Å²) in [6, 6.07) is 8.22. The minimum atomic E-state index is 0.183. The molecule has 1 aliphatic rings. The maximum Gasteiger partial charge on any atom is 0.254 e. The normalized spacial score (nSPS) is 24.8. The number of rotatable bonds is 1. The van der Waals surface area contributed by atoms with Crippen molar-refractivity contribution in [1.29, 1.82) is 0 Å². The molecule has 1 heterocycles. The first kappa shape index (κ1) is 12.9. The van der Waals surface area contributed by atoms with Gasteiger partial charge in [-0.2, -0.15) is 0 Å². The second kappa shape index (κ2) is 5.38. The highest BCUT2D eigenvalue weighted by Crippen LogP contribution is 2.23. The number of hydrogen-bond donors (Lipinski definition) is 0. The molecule has 2 atom stereocenters. The minimum absolute atomic E-state index is 0.183. The molecule has 1 aliphatic heterocycles. The summed E-state index contributed by atoms with van der Waals surface area (Å²) < 4.78 is 1.12. The molecular formula is C14H18INO. The Morgan fingerprint density at radius 2 is 2.12 bits per heavy atom. The average molecular weight is 343 g/mol. The van der Waals surface area contributed by atoms with E-state index in [0.717, 1.165) is 22.1 Å². The van der Waals surface area contributed by atoms with Gasteiger partial charge in [-0.25, -0.2) is 0 Å². The van der Waals surface area contributed by atoms with Crippen molar-refractivity contribution >= 4 is 28.5 Å². The Kier molecular flexibility index (Phi) is 4.07. The number of amides is 1. The van der Waals surface area contributed by atoms with Gasteiger partial charge in [-0.3, -0.25) is 4.79 Å². The zero-order valence-electron chi connectivity index (χ0n) is 10.3. The minimum Gasteiger partial charge on any atom is -0.336 e. The topological polar surface area (TPSA) is 20.3 Å². The number of carbonyl (C=O) groups is 1. The third-order valence-electron chi connectivity index (χ3n) is 3.45. The number of piperidine rings is 1. The number of likely N-dealkylation sites (tertiary alicyclic amines) is 1. The monoisotopic (exact) mass is 343 g/mol. The molecular weight excluding hydrogens is 325 g/mol. The van der Waals surface area contributed by atoms with Crippen molar-refractivity contribution in [2.24, 2.45) is 5.92 Å². The van der Waals surface area contributed by atoms with Gasteiger partial charge in [0.2, 0.25) is 0 Å². The smallest absolute Gasteiger partial charge is 0.254 e. The molecule has 0 bridgehead atoms. The molecule has 0 aliphatic carbocycles. The van der Waals surface area contributed by atoms with Crippen molar-refractivity contribution in [3.8, 4) is 0 Å². The van der Waals surface area contributed by atoms with Crippen molar-refractivity contribution in [2.75, 3.05) is 6.54 Å². The Balaban J connectivity index is 2.18. The number of hydrogen-bond acceptors (Lipinski definition) is 1. The van der Waals surface area contributed by atoms with E-state index >= 15 is 0 Å². The van der Waals surface area contributed by atoms with Crippen molar-refractivity contribution in [1.82, 2.24) is 4.90 Å². The fourth-order valence-electron chi connectivity index (χ4n) is 2.36. The van der Waals surface area contributed by atoms with Gasteiger partial charge in [0.15, 0.2) is 0 Å². The summed E-state index contributed by atoms with van der Waals surface area (Å²) in [5.74, 6) is 0.806. The van der Waals surface area contributed by atoms with Crippen LogP contribution in [0.2, 0.25) is 0 Å². The van der Waals surface area contributed by atoms with Gasteiger partial charge in [-0.1, -0.05) is 13.0 Å².